The van der Waals surface area contributed by atoms with Crippen LogP contribution >= 0.6 is 12.2 Å². The molecule has 2 aromatic carbocycles. The minimum Gasteiger partial charge on any atom is -0.371 e. The van der Waals surface area contributed by atoms with Gasteiger partial charge in [0.05, 0.1) is 18.0 Å². The summed E-state index contributed by atoms with van der Waals surface area (Å²) in [5.74, 6) is 0.744. The van der Waals surface area contributed by atoms with E-state index in [9.17, 15) is 8.42 Å². The summed E-state index contributed by atoms with van der Waals surface area (Å²) in [6, 6.07) is 15.9. The van der Waals surface area contributed by atoms with Crippen molar-refractivity contribution in [2.24, 2.45) is 5.92 Å². The number of sulfonamides is 1. The van der Waals surface area contributed by atoms with Crippen LogP contribution in [0.15, 0.2) is 48.5 Å². The number of nitrogens with one attached hydrogen (secondary N) is 2. The lowest BCUT2D eigenvalue weighted by atomic mass is 9.99. The molecule has 31 heavy (non-hydrogen) atoms. The van der Waals surface area contributed by atoms with Gasteiger partial charge in [0.25, 0.3) is 0 Å². The predicted octanol–water partition coefficient (Wildman–Crippen LogP) is 4.37. The summed E-state index contributed by atoms with van der Waals surface area (Å²) in [6.07, 6.45) is 3.74. The van der Waals surface area contributed by atoms with Crippen LogP contribution in [0, 0.1) is 5.92 Å². The molecule has 0 unspecified atom stereocenters. The molecule has 2 N–H and O–H groups in total. The van der Waals surface area contributed by atoms with Gasteiger partial charge in [-0.3, -0.25) is 4.31 Å². The van der Waals surface area contributed by atoms with Crippen LogP contribution in [-0.4, -0.2) is 39.9 Å². The van der Waals surface area contributed by atoms with Crippen molar-refractivity contribution in [1.82, 2.24) is 5.32 Å². The normalized spacial score (nSPS) is 17.7. The Morgan fingerprint density at radius 1 is 1.23 bits per heavy atom. The first-order valence-corrected chi connectivity index (χ1v) is 12.9. The first-order chi connectivity index (χ1) is 14.6. The summed E-state index contributed by atoms with van der Waals surface area (Å²) in [6.45, 7) is 6.63. The average Bonchev–Trinajstić information content (AvgIpc) is 2.72. The molecule has 0 aromatic heterocycles. The molecule has 1 heterocycles. The Balaban J connectivity index is 1.59. The smallest absolute Gasteiger partial charge is 0.231 e. The predicted molar refractivity (Wildman–Crippen MR) is 135 cm³/mol. The molecule has 6 nitrogen and oxygen atoms in total. The van der Waals surface area contributed by atoms with Gasteiger partial charge in [-0.25, -0.2) is 8.42 Å². The maximum absolute atomic E-state index is 11.8. The molecule has 0 radical (unpaired) electrons. The fourth-order valence-corrected chi connectivity index (χ4v) is 4.61. The second-order valence-electron chi connectivity index (χ2n) is 8.39. The van der Waals surface area contributed by atoms with Gasteiger partial charge in [-0.2, -0.15) is 0 Å². The fourth-order valence-electron chi connectivity index (χ4n) is 3.82. The van der Waals surface area contributed by atoms with Crippen LogP contribution < -0.4 is 19.8 Å². The minimum atomic E-state index is -3.32. The molecular weight excluding hydrogens is 428 g/mol. The first kappa shape index (κ1) is 23.3. The van der Waals surface area contributed by atoms with Gasteiger partial charge in [0, 0.05) is 31.5 Å². The van der Waals surface area contributed by atoms with Gasteiger partial charge in [0.15, 0.2) is 5.11 Å². The Morgan fingerprint density at radius 3 is 2.58 bits per heavy atom. The number of benzene rings is 2. The average molecular weight is 461 g/mol. The van der Waals surface area contributed by atoms with Crippen LogP contribution in [0.25, 0.3) is 0 Å². The van der Waals surface area contributed by atoms with Crippen molar-refractivity contribution in [2.45, 2.75) is 32.7 Å². The zero-order valence-corrected chi connectivity index (χ0v) is 20.3. The molecule has 1 fully saturated rings. The van der Waals surface area contributed by atoms with E-state index < -0.39 is 10.0 Å². The lowest BCUT2D eigenvalue weighted by molar-refractivity contribution is 0.447. The molecule has 1 aliphatic heterocycles. The van der Waals surface area contributed by atoms with Crippen molar-refractivity contribution in [3.05, 3.63) is 54.1 Å². The highest BCUT2D eigenvalue weighted by atomic mass is 32.2. The summed E-state index contributed by atoms with van der Waals surface area (Å²) < 4.78 is 24.8. The van der Waals surface area contributed by atoms with Crippen molar-refractivity contribution in [3.63, 3.8) is 0 Å². The molecular formula is C23H32N4O2S2. The van der Waals surface area contributed by atoms with Gasteiger partial charge in [-0.15, -0.1) is 0 Å². The third-order valence-electron chi connectivity index (χ3n) is 5.73. The third kappa shape index (κ3) is 6.33. The summed E-state index contributed by atoms with van der Waals surface area (Å²) in [5, 5.41) is 6.94. The van der Waals surface area contributed by atoms with E-state index in [4.69, 9.17) is 12.2 Å². The van der Waals surface area contributed by atoms with E-state index in [0.717, 1.165) is 30.3 Å². The zero-order valence-electron chi connectivity index (χ0n) is 18.6. The first-order valence-electron chi connectivity index (χ1n) is 10.6. The Hall–Kier alpha value is -2.32. The maximum atomic E-state index is 11.8. The number of piperidine rings is 1. The second kappa shape index (κ2) is 9.87. The highest BCUT2D eigenvalue weighted by Gasteiger charge is 2.17. The number of hydrogen-bond donors (Lipinski definition) is 2. The van der Waals surface area contributed by atoms with Gasteiger partial charge in [-0.1, -0.05) is 25.1 Å². The minimum absolute atomic E-state index is 0.0382. The van der Waals surface area contributed by atoms with Crippen molar-refractivity contribution >= 4 is 44.4 Å². The molecule has 1 aliphatic rings. The molecule has 0 amide bonds. The lowest BCUT2D eigenvalue weighted by Crippen LogP contribution is -2.34. The van der Waals surface area contributed by atoms with E-state index in [-0.39, 0.29) is 6.04 Å². The quantitative estimate of drug-likeness (QED) is 0.624. The topological polar surface area (TPSA) is 64.7 Å². The van der Waals surface area contributed by atoms with Crippen LogP contribution in [0.4, 0.5) is 17.1 Å². The van der Waals surface area contributed by atoms with E-state index >= 15 is 0 Å². The van der Waals surface area contributed by atoms with Gasteiger partial charge in [0.2, 0.25) is 10.0 Å². The van der Waals surface area contributed by atoms with E-state index in [1.807, 2.05) is 6.07 Å². The number of hydrogen-bond acceptors (Lipinski definition) is 4. The van der Waals surface area contributed by atoms with Crippen LogP contribution in [0.3, 0.4) is 0 Å². The monoisotopic (exact) mass is 460 g/mol. The van der Waals surface area contributed by atoms with E-state index in [2.05, 4.69) is 53.6 Å². The largest absolute Gasteiger partial charge is 0.371 e. The summed E-state index contributed by atoms with van der Waals surface area (Å²) in [7, 11) is -1.79. The number of nitrogens with zero attached hydrogens (tertiary/aromatic N) is 2. The Kier molecular flexibility index (Phi) is 7.43. The number of rotatable bonds is 6. The van der Waals surface area contributed by atoms with Crippen molar-refractivity contribution in [2.75, 3.05) is 40.9 Å². The molecule has 0 spiro atoms. The fraction of sp³-hybridized carbons (Fsp3) is 0.435. The maximum Gasteiger partial charge on any atom is 0.231 e. The number of thiocarbonyl (C=S) groups is 1. The molecule has 168 valence electrons. The molecule has 2 aromatic rings. The SMILES string of the molecule is C[C@H]1CCCN(c2ccc([C@@H](C)NC(=S)Nc3cccc(N(C)S(C)(=O)=O)c3)cc2)C1. The Morgan fingerprint density at radius 2 is 1.94 bits per heavy atom. The Bertz CT molecular complexity index is 1010. The van der Waals surface area contributed by atoms with Crippen LogP contribution in [0.1, 0.15) is 38.3 Å². The molecule has 3 rings (SSSR count). The van der Waals surface area contributed by atoms with Crippen LogP contribution in [0.2, 0.25) is 0 Å². The molecule has 1 saturated heterocycles. The third-order valence-corrected chi connectivity index (χ3v) is 7.15. The summed E-state index contributed by atoms with van der Waals surface area (Å²) in [5.41, 5.74) is 3.73. The van der Waals surface area contributed by atoms with E-state index in [1.54, 1.807) is 18.2 Å². The highest BCUT2D eigenvalue weighted by Crippen LogP contribution is 2.25. The summed E-state index contributed by atoms with van der Waals surface area (Å²) >= 11 is 5.47. The Labute approximate surface area is 191 Å². The molecule has 0 bridgehead atoms. The van der Waals surface area contributed by atoms with Crippen LogP contribution in [-0.2, 0) is 10.0 Å². The highest BCUT2D eigenvalue weighted by molar-refractivity contribution is 7.92. The van der Waals surface area contributed by atoms with Crippen molar-refractivity contribution in [1.29, 1.82) is 0 Å². The lowest BCUT2D eigenvalue weighted by Gasteiger charge is -2.33. The van der Waals surface area contributed by atoms with Crippen LogP contribution in [0.5, 0.6) is 0 Å². The van der Waals surface area contributed by atoms with Gasteiger partial charge in [0.1, 0.15) is 0 Å². The number of anilines is 3. The van der Waals surface area contributed by atoms with Gasteiger partial charge in [-0.05, 0) is 73.8 Å². The summed E-state index contributed by atoms with van der Waals surface area (Å²) in [4.78, 5) is 2.46. The van der Waals surface area contributed by atoms with Crippen molar-refractivity contribution in [3.8, 4) is 0 Å². The van der Waals surface area contributed by atoms with E-state index in [0.29, 0.717) is 10.8 Å². The van der Waals surface area contributed by atoms with Gasteiger partial charge < -0.3 is 15.5 Å². The van der Waals surface area contributed by atoms with E-state index in [1.165, 1.54) is 36.1 Å². The molecule has 0 saturated carbocycles. The molecule has 8 heteroatoms. The van der Waals surface area contributed by atoms with Crippen molar-refractivity contribution < 1.29 is 8.42 Å². The zero-order chi connectivity index (χ0) is 22.6. The second-order valence-corrected chi connectivity index (χ2v) is 10.8. The standard InChI is InChI=1S/C23H32N4O2S2/c1-17-7-6-14-27(16-17)21-12-10-19(11-13-21)18(2)24-23(30)25-20-8-5-9-22(15-20)26(3)31(4,28)29/h5,8-13,15,17-18H,6-7,14,16H2,1-4H3,(H2,24,25,30)/t17-,18+/m0/s1. The molecule has 2 atom stereocenters. The molecule has 0 aliphatic carbocycles. The van der Waals surface area contributed by atoms with Gasteiger partial charge >= 0.3 is 0 Å².